The predicted octanol–water partition coefficient (Wildman–Crippen LogP) is 5.40. The van der Waals surface area contributed by atoms with E-state index in [4.69, 9.17) is 25.2 Å². The number of aromatic amines is 1. The lowest BCUT2D eigenvalue weighted by molar-refractivity contribution is -0.137. The summed E-state index contributed by atoms with van der Waals surface area (Å²) in [5.41, 5.74) is 10.7. The van der Waals surface area contributed by atoms with Crippen molar-refractivity contribution >= 4 is 52.9 Å². The number of anilines is 1. The van der Waals surface area contributed by atoms with Gasteiger partial charge in [-0.25, -0.2) is 24.1 Å². The standard InChI is InChI=1S/C51H62N12O9/c1-32(2)46(60-43(65)14-5-4-6-24-61-44(66)21-22-45(61)67)40(64)26-35(11-8-23-53-50(52)69)49(68)57-37-18-15-34(16-19-37)29-72-51(70)62(38-12-9-25-71-30-38)28-41-58-47(36-17-20-42-54-31-55-63(42)27-36)48(59-41)39-13-7-10-33(3)56-39/h7,10,13,15-22,27,31-32,35,38,46H,4-6,8-9,11-12,14,23-26,28-30H2,1-3H3,(H,57,68)(H,58,59)(H,60,65)(H3,52,53,69)/t35-,38?,46+/m1/s1. The van der Waals surface area contributed by atoms with Crippen LogP contribution in [-0.2, 0) is 46.6 Å². The fourth-order valence-corrected chi connectivity index (χ4v) is 8.66. The number of nitrogens with zero attached hydrogens (tertiary/aromatic N) is 7. The quantitative estimate of drug-likeness (QED) is 0.0383. The number of carbonyl (C=O) groups is 7. The molecule has 5 aromatic rings. The molecule has 0 radical (unpaired) electrons. The van der Waals surface area contributed by atoms with Crippen molar-refractivity contribution in [3.8, 4) is 22.6 Å². The van der Waals surface area contributed by atoms with Crippen molar-refractivity contribution in [2.24, 2.45) is 17.6 Å². The number of H-pyrrole nitrogens is 1. The lowest BCUT2D eigenvalue weighted by atomic mass is 9.89. The number of unbranched alkanes of at least 4 members (excludes halogenated alkanes) is 2. The van der Waals surface area contributed by atoms with E-state index in [1.54, 1.807) is 33.7 Å². The minimum absolute atomic E-state index is 0.0679. The van der Waals surface area contributed by atoms with E-state index in [-0.39, 0.29) is 81.0 Å². The largest absolute Gasteiger partial charge is 0.445 e. The van der Waals surface area contributed by atoms with Crippen LogP contribution in [0, 0.1) is 18.8 Å². The van der Waals surface area contributed by atoms with Crippen molar-refractivity contribution in [1.82, 2.24) is 50.0 Å². The summed E-state index contributed by atoms with van der Waals surface area (Å²) < 4.78 is 13.4. The number of hydrogen-bond donors (Lipinski definition) is 5. The number of amides is 7. The molecule has 2 aliphatic rings. The van der Waals surface area contributed by atoms with E-state index in [9.17, 15) is 33.6 Å². The van der Waals surface area contributed by atoms with Gasteiger partial charge in [-0.05, 0) is 93.3 Å². The molecule has 1 unspecified atom stereocenters. The van der Waals surface area contributed by atoms with Crippen LogP contribution in [0.5, 0.6) is 0 Å². The Hall–Kier alpha value is -7.81. The molecular weight excluding hydrogens is 925 g/mol. The zero-order valence-corrected chi connectivity index (χ0v) is 40.8. The Labute approximate surface area is 416 Å². The lowest BCUT2D eigenvalue weighted by Crippen LogP contribution is -2.45. The van der Waals surface area contributed by atoms with Crippen LogP contribution in [0.2, 0.25) is 0 Å². The Morgan fingerprint density at radius 1 is 0.972 bits per heavy atom. The number of imidazole rings is 1. The number of ether oxygens (including phenoxy) is 2. The monoisotopic (exact) mass is 986 g/mol. The molecule has 0 spiro atoms. The summed E-state index contributed by atoms with van der Waals surface area (Å²) >= 11 is 0. The lowest BCUT2D eigenvalue weighted by Gasteiger charge is -2.32. The van der Waals surface area contributed by atoms with E-state index in [0.29, 0.717) is 85.1 Å². The average Bonchev–Trinajstić information content (AvgIpc) is 4.11. The summed E-state index contributed by atoms with van der Waals surface area (Å²) in [6.07, 6.45) is 8.93. The summed E-state index contributed by atoms with van der Waals surface area (Å²) in [7, 11) is 0. The molecule has 3 atom stereocenters. The van der Waals surface area contributed by atoms with E-state index in [1.807, 2.05) is 57.3 Å². The first-order chi connectivity index (χ1) is 34.7. The highest BCUT2D eigenvalue weighted by Crippen LogP contribution is 2.31. The molecule has 380 valence electrons. The van der Waals surface area contributed by atoms with Crippen LogP contribution in [0.1, 0.15) is 88.7 Å². The molecule has 0 bridgehead atoms. The van der Waals surface area contributed by atoms with Gasteiger partial charge in [0.05, 0.1) is 42.3 Å². The molecule has 21 nitrogen and oxygen atoms in total. The van der Waals surface area contributed by atoms with Crippen molar-refractivity contribution in [1.29, 1.82) is 0 Å². The average molecular weight is 987 g/mol. The van der Waals surface area contributed by atoms with Gasteiger partial charge in [-0.15, -0.1) is 0 Å². The maximum absolute atomic E-state index is 14.0. The fraction of sp³-hybridized carbons (Fsp3) is 0.431. The van der Waals surface area contributed by atoms with E-state index in [2.05, 4.69) is 31.0 Å². The third kappa shape index (κ3) is 14.2. The van der Waals surface area contributed by atoms with Gasteiger partial charge in [-0.2, -0.15) is 5.10 Å². The Morgan fingerprint density at radius 3 is 2.49 bits per heavy atom. The van der Waals surface area contributed by atoms with Crippen molar-refractivity contribution in [2.45, 2.75) is 104 Å². The normalized spacial score (nSPS) is 15.4. The van der Waals surface area contributed by atoms with Crippen molar-refractivity contribution in [2.75, 3.05) is 31.6 Å². The minimum atomic E-state index is -0.850. The molecule has 2 aliphatic heterocycles. The van der Waals surface area contributed by atoms with Gasteiger partial charge in [0.15, 0.2) is 11.4 Å². The number of imide groups is 1. The third-order valence-electron chi connectivity index (χ3n) is 12.5. The van der Waals surface area contributed by atoms with Gasteiger partial charge in [0, 0.05) is 73.7 Å². The van der Waals surface area contributed by atoms with Gasteiger partial charge < -0.3 is 36.1 Å². The molecule has 21 heteroatoms. The van der Waals surface area contributed by atoms with Crippen molar-refractivity contribution in [3.63, 3.8) is 0 Å². The molecular formula is C51H62N12O9. The zero-order chi connectivity index (χ0) is 51.1. The molecule has 72 heavy (non-hydrogen) atoms. The van der Waals surface area contributed by atoms with E-state index in [1.165, 1.54) is 18.5 Å². The van der Waals surface area contributed by atoms with Gasteiger partial charge in [0.2, 0.25) is 11.8 Å². The number of rotatable bonds is 24. The number of hydrogen-bond acceptors (Lipinski definition) is 13. The fourth-order valence-electron chi connectivity index (χ4n) is 8.66. The van der Waals surface area contributed by atoms with E-state index in [0.717, 1.165) is 22.6 Å². The van der Waals surface area contributed by atoms with Crippen molar-refractivity contribution < 1.29 is 43.0 Å². The number of aromatic nitrogens is 6. The highest BCUT2D eigenvalue weighted by atomic mass is 16.6. The van der Waals surface area contributed by atoms with Gasteiger partial charge >= 0.3 is 12.1 Å². The summed E-state index contributed by atoms with van der Waals surface area (Å²) in [4.78, 5) is 110. The first-order valence-corrected chi connectivity index (χ1v) is 24.3. The number of Topliss-reactive ketones (excluding diaryl/α,β-unsaturated/α-hetero) is 1. The first kappa shape index (κ1) is 52.0. The molecule has 6 heterocycles. The second-order valence-electron chi connectivity index (χ2n) is 18.4. The van der Waals surface area contributed by atoms with Crippen LogP contribution in [0.15, 0.2) is 79.3 Å². The highest BCUT2D eigenvalue weighted by Gasteiger charge is 2.31. The Bertz CT molecular complexity index is 2750. The smallest absolute Gasteiger partial charge is 0.410 e. The van der Waals surface area contributed by atoms with Crippen LogP contribution in [0.4, 0.5) is 15.3 Å². The van der Waals surface area contributed by atoms with Crippen LogP contribution in [0.25, 0.3) is 28.3 Å². The number of fused-ring (bicyclic) bond motifs is 1. The Balaban J connectivity index is 0.966. The molecule has 6 N–H and O–H groups in total. The second kappa shape index (κ2) is 24.8. The number of benzene rings is 1. The number of pyridine rings is 2. The molecule has 0 aliphatic carbocycles. The summed E-state index contributed by atoms with van der Waals surface area (Å²) in [6, 6.07) is 14.5. The molecule has 0 saturated carbocycles. The maximum Gasteiger partial charge on any atom is 0.410 e. The van der Waals surface area contributed by atoms with Crippen LogP contribution in [0.3, 0.4) is 0 Å². The Kier molecular flexibility index (Phi) is 17.9. The number of aryl methyl sites for hydroxylation is 1. The topological polar surface area (TPSA) is 278 Å². The molecule has 1 saturated heterocycles. The highest BCUT2D eigenvalue weighted by molar-refractivity contribution is 6.12. The first-order valence-electron chi connectivity index (χ1n) is 24.3. The predicted molar refractivity (Wildman–Crippen MR) is 264 cm³/mol. The number of nitrogens with one attached hydrogen (secondary N) is 4. The van der Waals surface area contributed by atoms with Gasteiger partial charge in [-0.1, -0.05) is 38.5 Å². The van der Waals surface area contributed by atoms with Crippen LogP contribution in [-0.4, -0.2) is 119 Å². The number of nitrogens with two attached hydrogens (primary N) is 1. The van der Waals surface area contributed by atoms with Crippen LogP contribution >= 0.6 is 0 Å². The van der Waals surface area contributed by atoms with E-state index >= 15 is 0 Å². The summed E-state index contributed by atoms with van der Waals surface area (Å²) in [5, 5.41) is 12.6. The minimum Gasteiger partial charge on any atom is -0.445 e. The van der Waals surface area contributed by atoms with Crippen molar-refractivity contribution in [3.05, 3.63) is 96.4 Å². The number of urea groups is 1. The third-order valence-corrected chi connectivity index (χ3v) is 12.5. The second-order valence-corrected chi connectivity index (χ2v) is 18.4. The molecule has 7 rings (SSSR count). The number of primary amides is 1. The maximum atomic E-state index is 14.0. The number of carbonyl (C=O) groups excluding carboxylic acids is 7. The van der Waals surface area contributed by atoms with Gasteiger partial charge in [0.25, 0.3) is 11.8 Å². The molecule has 1 fully saturated rings. The summed E-state index contributed by atoms with van der Waals surface area (Å²) in [5.74, 6) is -2.31. The molecule has 1 aromatic carbocycles. The summed E-state index contributed by atoms with van der Waals surface area (Å²) in [6.45, 7) is 6.96. The van der Waals surface area contributed by atoms with Gasteiger partial charge in [-0.3, -0.25) is 38.8 Å². The van der Waals surface area contributed by atoms with Gasteiger partial charge in [0.1, 0.15) is 18.8 Å². The zero-order valence-electron chi connectivity index (χ0n) is 40.8. The Morgan fingerprint density at radius 2 is 1.76 bits per heavy atom. The molecule has 4 aromatic heterocycles. The number of ketones is 1. The van der Waals surface area contributed by atoms with Crippen LogP contribution < -0.4 is 21.7 Å². The molecule has 7 amide bonds. The van der Waals surface area contributed by atoms with E-state index < -0.39 is 30.0 Å². The SMILES string of the molecule is Cc1cccc(-c2[nH]c(CN(C(=O)OCc3ccc(NC(=O)[C@H](CCCNC(N)=O)CC(=O)[C@@H](NC(=O)CCCCCN4C(=O)C=CC4=O)C(C)C)cc3)C3CCCOC3)nc2-c2ccc3ncnn3c2)n1.